The molecule has 2 rings (SSSR count). The predicted octanol–water partition coefficient (Wildman–Crippen LogP) is 2.57. The Morgan fingerprint density at radius 3 is 3.00 bits per heavy atom. The lowest BCUT2D eigenvalue weighted by Gasteiger charge is -2.32. The van der Waals surface area contributed by atoms with E-state index >= 15 is 0 Å². The minimum absolute atomic E-state index is 0.535. The molecule has 1 aliphatic heterocycles. The van der Waals surface area contributed by atoms with Gasteiger partial charge in [-0.25, -0.2) is 0 Å². The maximum atomic E-state index is 5.75. The number of hydrogen-bond donors (Lipinski definition) is 0. The first-order valence-corrected chi connectivity index (χ1v) is 5.68. The molecule has 13 heavy (non-hydrogen) atoms. The summed E-state index contributed by atoms with van der Waals surface area (Å²) in [5, 5.41) is 0. The third-order valence-electron chi connectivity index (χ3n) is 2.45. The summed E-state index contributed by atoms with van der Waals surface area (Å²) in [7, 11) is 0. The summed E-state index contributed by atoms with van der Waals surface area (Å²) >= 11 is 7.01. The van der Waals surface area contributed by atoms with Crippen LogP contribution in [0.1, 0.15) is 26.2 Å². The highest BCUT2D eigenvalue weighted by Gasteiger charge is 2.21. The van der Waals surface area contributed by atoms with Gasteiger partial charge in [0, 0.05) is 24.1 Å². The molecule has 0 unspecified atom stereocenters. The van der Waals surface area contributed by atoms with Crippen LogP contribution >= 0.6 is 23.1 Å². The molecule has 0 N–H and O–H groups in total. The number of aromatic nitrogens is 2. The molecule has 1 fully saturated rings. The topological polar surface area (TPSA) is 29.0 Å². The highest BCUT2D eigenvalue weighted by molar-refractivity contribution is 7.10. The van der Waals surface area contributed by atoms with Crippen LogP contribution in [-0.2, 0) is 0 Å². The van der Waals surface area contributed by atoms with E-state index in [-0.39, 0.29) is 0 Å². The van der Waals surface area contributed by atoms with Gasteiger partial charge in [0.05, 0.1) is 0 Å². The number of hydrogen-bond acceptors (Lipinski definition) is 4. The van der Waals surface area contributed by atoms with Crippen molar-refractivity contribution in [1.82, 2.24) is 9.36 Å². The highest BCUT2D eigenvalue weighted by Crippen LogP contribution is 2.24. The Bertz CT molecular complexity index is 289. The summed E-state index contributed by atoms with van der Waals surface area (Å²) in [6.07, 6.45) is 3.79. The molecule has 0 spiro atoms. The van der Waals surface area contributed by atoms with Crippen molar-refractivity contribution >= 4 is 29.1 Å². The zero-order valence-electron chi connectivity index (χ0n) is 7.53. The fourth-order valence-corrected chi connectivity index (χ4v) is 2.31. The second-order valence-corrected chi connectivity index (χ2v) is 4.72. The van der Waals surface area contributed by atoms with E-state index in [9.17, 15) is 0 Å². The molecule has 1 aromatic rings. The molecular weight excluding hydrogens is 206 g/mol. The van der Waals surface area contributed by atoms with E-state index in [1.807, 2.05) is 0 Å². The van der Waals surface area contributed by atoms with Crippen LogP contribution in [0, 0.1) is 0 Å². The third-order valence-corrected chi connectivity index (χ3v) is 3.24. The summed E-state index contributed by atoms with van der Waals surface area (Å²) in [6.45, 7) is 3.28. The van der Waals surface area contributed by atoms with Crippen molar-refractivity contribution in [3.63, 3.8) is 0 Å². The van der Waals surface area contributed by atoms with Gasteiger partial charge in [-0.15, -0.1) is 0 Å². The normalized spacial score (nSPS) is 23.5. The van der Waals surface area contributed by atoms with Gasteiger partial charge in [-0.3, -0.25) is 0 Å². The van der Waals surface area contributed by atoms with Gasteiger partial charge in [-0.2, -0.15) is 9.36 Å². The highest BCUT2D eigenvalue weighted by atomic mass is 35.5. The summed E-state index contributed by atoms with van der Waals surface area (Å²) in [4.78, 5) is 6.43. The molecule has 0 bridgehead atoms. The zero-order chi connectivity index (χ0) is 9.26. The van der Waals surface area contributed by atoms with Crippen LogP contribution in [0.15, 0.2) is 0 Å². The van der Waals surface area contributed by atoms with E-state index in [4.69, 9.17) is 11.6 Å². The molecule has 0 aromatic carbocycles. The molecule has 0 saturated carbocycles. The second-order valence-electron chi connectivity index (χ2n) is 3.39. The second kappa shape index (κ2) is 3.80. The average Bonchev–Trinajstić information content (AvgIpc) is 2.53. The molecule has 1 aliphatic rings. The minimum Gasteiger partial charge on any atom is -0.337 e. The third kappa shape index (κ3) is 1.94. The van der Waals surface area contributed by atoms with E-state index in [1.165, 1.54) is 30.8 Å². The molecule has 72 valence electrons. The van der Waals surface area contributed by atoms with Gasteiger partial charge in [0.2, 0.25) is 10.4 Å². The van der Waals surface area contributed by atoms with Gasteiger partial charge in [0.1, 0.15) is 0 Å². The first kappa shape index (κ1) is 9.21. The van der Waals surface area contributed by atoms with Gasteiger partial charge >= 0.3 is 0 Å². The van der Waals surface area contributed by atoms with Gasteiger partial charge in [0.15, 0.2) is 0 Å². The molecule has 2 heterocycles. The van der Waals surface area contributed by atoms with Crippen LogP contribution in [0.2, 0.25) is 4.47 Å². The Kier molecular flexibility index (Phi) is 2.69. The molecule has 0 aliphatic carbocycles. The van der Waals surface area contributed by atoms with Gasteiger partial charge in [0.25, 0.3) is 0 Å². The Hall–Kier alpha value is -0.350. The zero-order valence-corrected chi connectivity index (χ0v) is 9.11. The Morgan fingerprint density at radius 1 is 1.54 bits per heavy atom. The van der Waals surface area contributed by atoms with E-state index in [0.717, 1.165) is 12.5 Å². The van der Waals surface area contributed by atoms with Crippen LogP contribution in [0.3, 0.4) is 0 Å². The lowest BCUT2D eigenvalue weighted by Crippen LogP contribution is -2.38. The fraction of sp³-hybridized carbons (Fsp3) is 0.750. The molecule has 1 aromatic heterocycles. The van der Waals surface area contributed by atoms with Crippen molar-refractivity contribution in [1.29, 1.82) is 0 Å². The van der Waals surface area contributed by atoms with Crippen molar-refractivity contribution < 1.29 is 0 Å². The average molecular weight is 218 g/mol. The predicted molar refractivity (Wildman–Crippen MR) is 55.6 cm³/mol. The van der Waals surface area contributed by atoms with Crippen LogP contribution in [0.5, 0.6) is 0 Å². The van der Waals surface area contributed by atoms with Gasteiger partial charge in [-0.05, 0) is 37.8 Å². The molecule has 3 nitrogen and oxygen atoms in total. The van der Waals surface area contributed by atoms with E-state index in [2.05, 4.69) is 21.2 Å². The van der Waals surface area contributed by atoms with Crippen molar-refractivity contribution in [3.05, 3.63) is 4.47 Å². The van der Waals surface area contributed by atoms with Crippen molar-refractivity contribution in [2.24, 2.45) is 0 Å². The molecular formula is C8H12ClN3S. The summed E-state index contributed by atoms with van der Waals surface area (Å²) < 4.78 is 4.75. The lowest BCUT2D eigenvalue weighted by molar-refractivity contribution is 0.478. The largest absolute Gasteiger partial charge is 0.337 e. The number of halogens is 1. The standard InChI is InChI=1S/C8H12ClN3S/c1-6-4-2-3-5-12(6)8-10-7(9)13-11-8/h6H,2-5H2,1H3/t6-/m1/s1. The van der Waals surface area contributed by atoms with Crippen LogP contribution in [0.4, 0.5) is 5.95 Å². The number of piperidine rings is 1. The fourth-order valence-electron chi connectivity index (χ4n) is 1.71. The number of rotatable bonds is 1. The quantitative estimate of drug-likeness (QED) is 0.724. The molecule has 5 heteroatoms. The summed E-state index contributed by atoms with van der Waals surface area (Å²) in [5.41, 5.74) is 0. The monoisotopic (exact) mass is 217 g/mol. The molecule has 0 amide bonds. The molecule has 1 atom stereocenters. The van der Waals surface area contributed by atoms with Crippen LogP contribution < -0.4 is 4.90 Å². The summed E-state index contributed by atoms with van der Waals surface area (Å²) in [5.74, 6) is 0.808. The number of anilines is 1. The maximum Gasteiger partial charge on any atom is 0.238 e. The van der Waals surface area contributed by atoms with Gasteiger partial charge in [-0.1, -0.05) is 0 Å². The first-order valence-electron chi connectivity index (χ1n) is 4.53. The van der Waals surface area contributed by atoms with Crippen molar-refractivity contribution in [2.75, 3.05) is 11.4 Å². The number of nitrogens with zero attached hydrogens (tertiary/aromatic N) is 3. The SMILES string of the molecule is C[C@@H]1CCCCN1c1nsc(Cl)n1. The van der Waals surface area contributed by atoms with E-state index in [1.54, 1.807) is 0 Å². The smallest absolute Gasteiger partial charge is 0.238 e. The van der Waals surface area contributed by atoms with Crippen molar-refractivity contribution in [3.8, 4) is 0 Å². The molecule has 0 radical (unpaired) electrons. The van der Waals surface area contributed by atoms with E-state index in [0.29, 0.717) is 10.5 Å². The van der Waals surface area contributed by atoms with Crippen LogP contribution in [-0.4, -0.2) is 21.9 Å². The van der Waals surface area contributed by atoms with Crippen molar-refractivity contribution in [2.45, 2.75) is 32.2 Å². The Morgan fingerprint density at radius 2 is 2.38 bits per heavy atom. The minimum atomic E-state index is 0.535. The van der Waals surface area contributed by atoms with Crippen LogP contribution in [0.25, 0.3) is 0 Å². The first-order chi connectivity index (χ1) is 6.27. The van der Waals surface area contributed by atoms with E-state index < -0.39 is 0 Å². The summed E-state index contributed by atoms with van der Waals surface area (Å²) in [6, 6.07) is 0.555. The maximum absolute atomic E-state index is 5.75. The molecule has 1 saturated heterocycles. The lowest BCUT2D eigenvalue weighted by atomic mass is 10.0. The Balaban J connectivity index is 2.14. The Labute approximate surface area is 86.9 Å². The van der Waals surface area contributed by atoms with Gasteiger partial charge < -0.3 is 4.90 Å².